The highest BCUT2D eigenvalue weighted by Crippen LogP contribution is 2.41. The molecule has 1 saturated heterocycles. The Bertz CT molecular complexity index is 614. The Hall–Kier alpha value is -1.68. The molecule has 5 heteroatoms. The van der Waals surface area contributed by atoms with Gasteiger partial charge in [-0.05, 0) is 52.0 Å². The van der Waals surface area contributed by atoms with Gasteiger partial charge >= 0.3 is 5.97 Å². The summed E-state index contributed by atoms with van der Waals surface area (Å²) in [6.45, 7) is 6.29. The van der Waals surface area contributed by atoms with Crippen LogP contribution in [0.4, 0.5) is 0 Å². The maximum atomic E-state index is 12.6. The molecule has 1 aliphatic heterocycles. The minimum atomic E-state index is -1.24. The van der Waals surface area contributed by atoms with E-state index in [0.717, 1.165) is 0 Å². The van der Waals surface area contributed by atoms with E-state index < -0.39 is 28.7 Å². The fourth-order valence-corrected chi connectivity index (χ4v) is 2.69. The van der Waals surface area contributed by atoms with Crippen LogP contribution in [0.2, 0.25) is 5.02 Å². The van der Waals surface area contributed by atoms with E-state index in [1.807, 2.05) is 0 Å². The first-order valence-electron chi connectivity index (χ1n) is 6.64. The van der Waals surface area contributed by atoms with Crippen LogP contribution in [0.25, 0.3) is 0 Å². The molecule has 0 unspecified atom stereocenters. The summed E-state index contributed by atoms with van der Waals surface area (Å²) in [5, 5.41) is 0.503. The summed E-state index contributed by atoms with van der Waals surface area (Å²) in [5.41, 5.74) is -1.95. The topological polar surface area (TPSA) is 60.4 Å². The van der Waals surface area contributed by atoms with Crippen LogP contribution in [0.3, 0.4) is 0 Å². The minimum Gasteiger partial charge on any atom is -0.452 e. The van der Waals surface area contributed by atoms with Gasteiger partial charge in [-0.3, -0.25) is 14.4 Å². The number of carbonyl (C=O) groups is 3. The lowest BCUT2D eigenvalue weighted by molar-refractivity contribution is -0.181. The molecule has 0 bridgehead atoms. The van der Waals surface area contributed by atoms with Crippen LogP contribution in [0.1, 0.15) is 38.1 Å². The molecular weight excluding hydrogens is 292 g/mol. The van der Waals surface area contributed by atoms with Crippen molar-refractivity contribution in [3.63, 3.8) is 0 Å². The second kappa shape index (κ2) is 4.95. The highest BCUT2D eigenvalue weighted by molar-refractivity contribution is 6.30. The first-order valence-corrected chi connectivity index (χ1v) is 7.02. The number of rotatable bonds is 2. The number of ketones is 2. The molecule has 112 valence electrons. The van der Waals surface area contributed by atoms with Gasteiger partial charge < -0.3 is 4.74 Å². The SMILES string of the molecule is CC1(C)C(=O)O[C@H](C(=O)c2ccc(Cl)cc2)C(C)(C)C1=O. The molecule has 1 aliphatic rings. The summed E-state index contributed by atoms with van der Waals surface area (Å²) in [4.78, 5) is 37.1. The Kier molecular flexibility index (Phi) is 3.70. The number of ether oxygens (including phenoxy) is 1. The lowest BCUT2D eigenvalue weighted by Crippen LogP contribution is -2.58. The molecule has 1 aromatic carbocycles. The van der Waals surface area contributed by atoms with Crippen molar-refractivity contribution in [1.82, 2.24) is 0 Å². The Morgan fingerprint density at radius 1 is 1.10 bits per heavy atom. The zero-order valence-corrected chi connectivity index (χ0v) is 13.2. The Morgan fingerprint density at radius 3 is 2.14 bits per heavy atom. The molecule has 2 rings (SSSR count). The third-order valence-electron chi connectivity index (χ3n) is 3.91. The molecular formula is C16H17ClO4. The van der Waals surface area contributed by atoms with Gasteiger partial charge in [-0.1, -0.05) is 11.6 Å². The molecule has 0 radical (unpaired) electrons. The van der Waals surface area contributed by atoms with E-state index >= 15 is 0 Å². The van der Waals surface area contributed by atoms with Crippen molar-refractivity contribution < 1.29 is 19.1 Å². The van der Waals surface area contributed by atoms with Crippen molar-refractivity contribution in [3.05, 3.63) is 34.9 Å². The van der Waals surface area contributed by atoms with Gasteiger partial charge in [0, 0.05) is 10.6 Å². The molecule has 21 heavy (non-hydrogen) atoms. The number of hydrogen-bond acceptors (Lipinski definition) is 4. The van der Waals surface area contributed by atoms with E-state index in [9.17, 15) is 14.4 Å². The lowest BCUT2D eigenvalue weighted by atomic mass is 9.67. The Labute approximate surface area is 128 Å². The van der Waals surface area contributed by atoms with Crippen LogP contribution in [-0.4, -0.2) is 23.6 Å². The Balaban J connectivity index is 2.39. The summed E-state index contributed by atoms with van der Waals surface area (Å²) in [7, 11) is 0. The van der Waals surface area contributed by atoms with Gasteiger partial charge in [0.05, 0.1) is 5.41 Å². The molecule has 0 amide bonds. The molecule has 1 aromatic rings. The molecule has 0 aromatic heterocycles. The predicted molar refractivity (Wildman–Crippen MR) is 78.2 cm³/mol. The van der Waals surface area contributed by atoms with Crippen LogP contribution in [0, 0.1) is 10.8 Å². The number of benzene rings is 1. The van der Waals surface area contributed by atoms with E-state index in [-0.39, 0.29) is 5.78 Å². The Morgan fingerprint density at radius 2 is 1.62 bits per heavy atom. The van der Waals surface area contributed by atoms with E-state index in [1.54, 1.807) is 38.1 Å². The maximum Gasteiger partial charge on any atom is 0.319 e. The van der Waals surface area contributed by atoms with Crippen molar-refractivity contribution in [3.8, 4) is 0 Å². The highest BCUT2D eigenvalue weighted by atomic mass is 35.5. The minimum absolute atomic E-state index is 0.293. The van der Waals surface area contributed by atoms with Gasteiger partial charge in [0.2, 0.25) is 5.78 Å². The van der Waals surface area contributed by atoms with Gasteiger partial charge in [-0.15, -0.1) is 0 Å². The van der Waals surface area contributed by atoms with E-state index in [4.69, 9.17) is 16.3 Å². The van der Waals surface area contributed by atoms with E-state index in [1.165, 1.54) is 13.8 Å². The van der Waals surface area contributed by atoms with Crippen LogP contribution in [-0.2, 0) is 14.3 Å². The lowest BCUT2D eigenvalue weighted by Gasteiger charge is -2.42. The number of cyclic esters (lactones) is 1. The summed E-state index contributed by atoms with van der Waals surface area (Å²) >= 11 is 5.79. The second-order valence-corrected chi connectivity index (χ2v) is 6.77. The standard InChI is InChI=1S/C16H17ClO4/c1-15(2)12(21-14(20)16(3,4)13(15)19)11(18)9-5-7-10(17)8-6-9/h5-8,12H,1-4H3/t12-/m1/s1. The van der Waals surface area contributed by atoms with Crippen LogP contribution in [0.5, 0.6) is 0 Å². The molecule has 0 N–H and O–H groups in total. The molecule has 0 spiro atoms. The van der Waals surface area contributed by atoms with Gasteiger partial charge in [-0.25, -0.2) is 0 Å². The van der Waals surface area contributed by atoms with Gasteiger partial charge in [-0.2, -0.15) is 0 Å². The number of hydrogen-bond donors (Lipinski definition) is 0. The molecule has 1 fully saturated rings. The molecule has 4 nitrogen and oxygen atoms in total. The first kappa shape index (κ1) is 15.7. The maximum absolute atomic E-state index is 12.6. The quantitative estimate of drug-likeness (QED) is 0.478. The smallest absolute Gasteiger partial charge is 0.319 e. The second-order valence-electron chi connectivity index (χ2n) is 6.33. The van der Waals surface area contributed by atoms with Crippen molar-refractivity contribution in [2.45, 2.75) is 33.8 Å². The number of halogens is 1. The number of carbonyl (C=O) groups excluding carboxylic acids is 3. The van der Waals surface area contributed by atoms with Crippen molar-refractivity contribution >= 4 is 29.1 Å². The van der Waals surface area contributed by atoms with E-state index in [2.05, 4.69) is 0 Å². The third kappa shape index (κ3) is 2.48. The zero-order chi connectivity index (χ0) is 16.0. The monoisotopic (exact) mass is 308 g/mol. The van der Waals surface area contributed by atoms with Gasteiger partial charge in [0.15, 0.2) is 11.9 Å². The summed E-state index contributed by atoms with van der Waals surface area (Å²) in [6.07, 6.45) is -1.12. The first-order chi connectivity index (χ1) is 9.58. The molecule has 0 saturated carbocycles. The summed E-state index contributed by atoms with van der Waals surface area (Å²) in [6, 6.07) is 6.27. The number of Topliss-reactive ketones (excluding diaryl/α,β-unsaturated/α-hetero) is 2. The largest absolute Gasteiger partial charge is 0.452 e. The summed E-state index contributed by atoms with van der Waals surface area (Å²) in [5.74, 6) is -1.36. The third-order valence-corrected chi connectivity index (χ3v) is 4.16. The van der Waals surface area contributed by atoms with Crippen LogP contribution in [0.15, 0.2) is 24.3 Å². The van der Waals surface area contributed by atoms with Crippen LogP contribution >= 0.6 is 11.6 Å². The van der Waals surface area contributed by atoms with Crippen LogP contribution < -0.4 is 0 Å². The zero-order valence-electron chi connectivity index (χ0n) is 12.4. The average Bonchev–Trinajstić information content (AvgIpc) is 2.42. The van der Waals surface area contributed by atoms with Crippen molar-refractivity contribution in [2.75, 3.05) is 0 Å². The van der Waals surface area contributed by atoms with Crippen molar-refractivity contribution in [1.29, 1.82) is 0 Å². The van der Waals surface area contributed by atoms with E-state index in [0.29, 0.717) is 10.6 Å². The van der Waals surface area contributed by atoms with Gasteiger partial charge in [0.1, 0.15) is 5.41 Å². The highest BCUT2D eigenvalue weighted by Gasteiger charge is 2.57. The molecule has 1 heterocycles. The fraction of sp³-hybridized carbons (Fsp3) is 0.438. The van der Waals surface area contributed by atoms with Gasteiger partial charge in [0.25, 0.3) is 0 Å². The summed E-state index contributed by atoms with van der Waals surface area (Å²) < 4.78 is 5.29. The molecule has 1 atom stereocenters. The van der Waals surface area contributed by atoms with Crippen molar-refractivity contribution in [2.24, 2.45) is 10.8 Å². The normalized spacial score (nSPS) is 23.6. The predicted octanol–water partition coefficient (Wildman–Crippen LogP) is 3.07. The molecule has 0 aliphatic carbocycles. The fourth-order valence-electron chi connectivity index (χ4n) is 2.57. The average molecular weight is 309 g/mol. The number of esters is 1.